The van der Waals surface area contributed by atoms with E-state index in [2.05, 4.69) is 21.2 Å². The molecule has 2 N–H and O–H groups in total. The summed E-state index contributed by atoms with van der Waals surface area (Å²) in [6, 6.07) is 0.337. The standard InChI is InChI=1S/C25H32FN5O5S/c1-3-16-13-17-14-27-24(29-22(17)31(23(16)32)21-5-4-9-25(21,2)33)28-20-6-10-30(15-19(20)26)37(34,35)18-7-11-36-12-8-18/h1,13-14,18-21,33H,4-12,15H2,2H3,(H,27,28,29)/t19-,20-,21-,25-/m1/s1. The van der Waals surface area contributed by atoms with Crippen LogP contribution in [-0.2, 0) is 14.8 Å². The number of rotatable bonds is 5. The van der Waals surface area contributed by atoms with Crippen molar-refractivity contribution in [1.82, 2.24) is 18.8 Å². The number of alkyl halides is 1. The largest absolute Gasteiger partial charge is 0.388 e. The molecule has 0 aromatic carbocycles. The summed E-state index contributed by atoms with van der Waals surface area (Å²) in [7, 11) is -3.60. The monoisotopic (exact) mass is 533 g/mol. The van der Waals surface area contributed by atoms with Crippen molar-refractivity contribution in [2.45, 2.75) is 74.6 Å². The third-order valence-corrected chi connectivity index (χ3v) is 10.3. The fraction of sp³-hybridized carbons (Fsp3) is 0.640. The number of pyridine rings is 1. The van der Waals surface area contributed by atoms with Gasteiger partial charge in [-0.3, -0.25) is 9.36 Å². The fourth-order valence-electron chi connectivity index (χ4n) is 5.74. The van der Waals surface area contributed by atoms with E-state index in [1.54, 1.807) is 13.0 Å². The number of aliphatic hydroxyl groups is 1. The highest BCUT2D eigenvalue weighted by molar-refractivity contribution is 7.89. The predicted molar refractivity (Wildman–Crippen MR) is 137 cm³/mol. The molecule has 2 aromatic rings. The smallest absolute Gasteiger partial charge is 0.268 e. The summed E-state index contributed by atoms with van der Waals surface area (Å²) in [5.74, 6) is 2.53. The molecule has 1 aliphatic carbocycles. The Hall–Kier alpha value is -2.59. The van der Waals surface area contributed by atoms with Crippen LogP contribution in [0, 0.1) is 12.3 Å². The van der Waals surface area contributed by atoms with Crippen molar-refractivity contribution in [3.05, 3.63) is 28.2 Å². The van der Waals surface area contributed by atoms with Crippen LogP contribution in [-0.4, -0.2) is 81.7 Å². The molecule has 4 atom stereocenters. The van der Waals surface area contributed by atoms with Crippen LogP contribution in [0.5, 0.6) is 0 Å². The third-order valence-electron chi connectivity index (χ3n) is 7.89. The molecule has 0 amide bonds. The molecular formula is C25H32FN5O5S. The van der Waals surface area contributed by atoms with Crippen LogP contribution in [0.3, 0.4) is 0 Å². The van der Waals surface area contributed by atoms with Crippen LogP contribution >= 0.6 is 0 Å². The van der Waals surface area contributed by atoms with Crippen LogP contribution in [0.15, 0.2) is 17.1 Å². The van der Waals surface area contributed by atoms with Crippen LogP contribution in [0.1, 0.15) is 57.1 Å². The summed E-state index contributed by atoms with van der Waals surface area (Å²) >= 11 is 0. The first-order valence-corrected chi connectivity index (χ1v) is 14.2. The number of hydrogen-bond donors (Lipinski definition) is 2. The van der Waals surface area contributed by atoms with Gasteiger partial charge in [-0.15, -0.1) is 6.42 Å². The number of nitrogens with zero attached hydrogens (tertiary/aromatic N) is 4. The van der Waals surface area contributed by atoms with Gasteiger partial charge in [-0.2, -0.15) is 9.29 Å². The molecule has 200 valence electrons. The number of nitrogens with one attached hydrogen (secondary N) is 1. The van der Waals surface area contributed by atoms with Crippen LogP contribution < -0.4 is 10.9 Å². The Morgan fingerprint density at radius 1 is 1.30 bits per heavy atom. The quantitative estimate of drug-likeness (QED) is 0.555. The van der Waals surface area contributed by atoms with Gasteiger partial charge in [-0.25, -0.2) is 17.8 Å². The molecule has 1 saturated carbocycles. The van der Waals surface area contributed by atoms with Gasteiger partial charge >= 0.3 is 0 Å². The lowest BCUT2D eigenvalue weighted by Gasteiger charge is -2.37. The average molecular weight is 534 g/mol. The molecule has 4 heterocycles. The van der Waals surface area contributed by atoms with E-state index < -0.39 is 44.7 Å². The van der Waals surface area contributed by atoms with Gasteiger partial charge in [0.1, 0.15) is 11.8 Å². The summed E-state index contributed by atoms with van der Waals surface area (Å²) < 4.78 is 49.2. The first-order chi connectivity index (χ1) is 17.6. The van der Waals surface area contributed by atoms with Crippen molar-refractivity contribution < 1.29 is 22.7 Å². The van der Waals surface area contributed by atoms with Gasteiger partial charge in [0.2, 0.25) is 16.0 Å². The summed E-state index contributed by atoms with van der Waals surface area (Å²) in [4.78, 5) is 22.0. The highest BCUT2D eigenvalue weighted by Gasteiger charge is 2.41. The Bertz CT molecular complexity index is 1380. The number of piperidine rings is 1. The molecule has 37 heavy (non-hydrogen) atoms. The van der Waals surface area contributed by atoms with Gasteiger partial charge in [0.25, 0.3) is 5.56 Å². The zero-order chi connectivity index (χ0) is 26.4. The first-order valence-electron chi connectivity index (χ1n) is 12.7. The number of ether oxygens (including phenoxy) is 1. The van der Waals surface area contributed by atoms with E-state index in [0.29, 0.717) is 49.9 Å². The van der Waals surface area contributed by atoms with Gasteiger partial charge in [-0.05, 0) is 51.5 Å². The molecule has 0 spiro atoms. The SMILES string of the molecule is C#Cc1cc2cnc(N[C@@H]3CCN(S(=O)(=O)C4CCOCC4)C[C@H]3F)nc2n([C@@H]2CCC[C@@]2(C)O)c1=O. The number of terminal acetylenes is 1. The maximum atomic E-state index is 15.2. The Labute approximate surface area is 215 Å². The van der Waals surface area contributed by atoms with E-state index in [9.17, 15) is 18.3 Å². The predicted octanol–water partition coefficient (Wildman–Crippen LogP) is 1.58. The molecule has 2 aliphatic heterocycles. The minimum atomic E-state index is -3.60. The van der Waals surface area contributed by atoms with Crippen molar-refractivity contribution >= 4 is 27.0 Å². The number of halogens is 1. The molecular weight excluding hydrogens is 501 g/mol. The highest BCUT2D eigenvalue weighted by atomic mass is 32.2. The Balaban J connectivity index is 1.39. The minimum absolute atomic E-state index is 0.125. The molecule has 2 aromatic heterocycles. The topological polar surface area (TPSA) is 127 Å². The second kappa shape index (κ2) is 9.94. The summed E-state index contributed by atoms with van der Waals surface area (Å²) in [6.45, 7) is 2.43. The summed E-state index contributed by atoms with van der Waals surface area (Å²) in [5, 5.41) is 13.9. The zero-order valence-electron chi connectivity index (χ0n) is 20.8. The van der Waals surface area contributed by atoms with E-state index >= 15 is 4.39 Å². The average Bonchev–Trinajstić information content (AvgIpc) is 3.23. The summed E-state index contributed by atoms with van der Waals surface area (Å²) in [6.07, 6.45) is 8.57. The van der Waals surface area contributed by atoms with Crippen molar-refractivity contribution in [1.29, 1.82) is 0 Å². The Morgan fingerprint density at radius 3 is 2.70 bits per heavy atom. The maximum Gasteiger partial charge on any atom is 0.268 e. The lowest BCUT2D eigenvalue weighted by molar-refractivity contribution is 0.0266. The van der Waals surface area contributed by atoms with Crippen LogP contribution in [0.25, 0.3) is 11.0 Å². The molecule has 2 saturated heterocycles. The second-order valence-corrected chi connectivity index (χ2v) is 12.6. The fourth-order valence-corrected chi connectivity index (χ4v) is 7.66. The molecule has 0 radical (unpaired) electrons. The highest BCUT2D eigenvalue weighted by Crippen LogP contribution is 2.39. The van der Waals surface area contributed by atoms with E-state index in [1.165, 1.54) is 15.1 Å². The van der Waals surface area contributed by atoms with Crippen molar-refractivity contribution in [2.24, 2.45) is 0 Å². The van der Waals surface area contributed by atoms with Gasteiger partial charge in [-0.1, -0.05) is 5.92 Å². The molecule has 10 nitrogen and oxygen atoms in total. The molecule has 3 aliphatic rings. The van der Waals surface area contributed by atoms with E-state index in [0.717, 1.165) is 6.42 Å². The van der Waals surface area contributed by atoms with Crippen molar-refractivity contribution in [2.75, 3.05) is 31.6 Å². The molecule has 0 bridgehead atoms. The normalized spacial score (nSPS) is 29.8. The minimum Gasteiger partial charge on any atom is -0.388 e. The van der Waals surface area contributed by atoms with Gasteiger partial charge in [0.05, 0.1) is 28.5 Å². The summed E-state index contributed by atoms with van der Waals surface area (Å²) in [5.41, 5.74) is -1.05. The van der Waals surface area contributed by atoms with Gasteiger partial charge < -0.3 is 15.2 Å². The molecule has 0 unspecified atom stereocenters. The zero-order valence-corrected chi connectivity index (χ0v) is 21.6. The lowest BCUT2D eigenvalue weighted by atomic mass is 9.99. The van der Waals surface area contributed by atoms with Crippen molar-refractivity contribution in [3.8, 4) is 12.3 Å². The van der Waals surface area contributed by atoms with E-state index in [4.69, 9.17) is 11.2 Å². The lowest BCUT2D eigenvalue weighted by Crippen LogP contribution is -2.52. The third kappa shape index (κ3) is 4.85. The second-order valence-electron chi connectivity index (χ2n) is 10.4. The van der Waals surface area contributed by atoms with Gasteiger partial charge in [0, 0.05) is 37.9 Å². The van der Waals surface area contributed by atoms with E-state index in [1.807, 2.05) is 0 Å². The molecule has 12 heteroatoms. The Morgan fingerprint density at radius 2 is 2.05 bits per heavy atom. The first kappa shape index (κ1) is 26.0. The van der Waals surface area contributed by atoms with E-state index in [-0.39, 0.29) is 31.0 Å². The van der Waals surface area contributed by atoms with Crippen molar-refractivity contribution in [3.63, 3.8) is 0 Å². The molecule has 5 rings (SSSR count). The number of aromatic nitrogens is 3. The van der Waals surface area contributed by atoms with Gasteiger partial charge in [0.15, 0.2) is 0 Å². The number of fused-ring (bicyclic) bond motifs is 1. The number of hydrogen-bond acceptors (Lipinski definition) is 8. The van der Waals surface area contributed by atoms with Crippen LogP contribution in [0.4, 0.5) is 10.3 Å². The number of sulfonamides is 1. The molecule has 3 fully saturated rings. The van der Waals surface area contributed by atoms with Crippen LogP contribution in [0.2, 0.25) is 0 Å². The number of anilines is 1. The Kier molecular flexibility index (Phi) is 7.00. The maximum absolute atomic E-state index is 15.2.